The number of ether oxygens (including phenoxy) is 1. The molecule has 0 unspecified atom stereocenters. The van der Waals surface area contributed by atoms with Crippen molar-refractivity contribution >= 4 is 16.9 Å². The summed E-state index contributed by atoms with van der Waals surface area (Å²) in [6.45, 7) is 1.26. The summed E-state index contributed by atoms with van der Waals surface area (Å²) in [7, 11) is 1.66. The van der Waals surface area contributed by atoms with Crippen LogP contribution in [-0.2, 0) is 4.74 Å². The SMILES string of the molecule is COCCNc1nccc2[nH]c(-c3cccc(O)c3)nc12. The normalized spacial score (nSPS) is 10.9. The number of pyridine rings is 1. The van der Waals surface area contributed by atoms with Crippen LogP contribution in [-0.4, -0.2) is 40.3 Å². The summed E-state index contributed by atoms with van der Waals surface area (Å²) in [6.07, 6.45) is 1.72. The minimum absolute atomic E-state index is 0.213. The van der Waals surface area contributed by atoms with Gasteiger partial charge in [0.15, 0.2) is 5.82 Å². The van der Waals surface area contributed by atoms with Crippen molar-refractivity contribution in [2.24, 2.45) is 0 Å². The average molecular weight is 284 g/mol. The van der Waals surface area contributed by atoms with E-state index in [9.17, 15) is 5.11 Å². The first-order valence-electron chi connectivity index (χ1n) is 6.65. The van der Waals surface area contributed by atoms with E-state index in [-0.39, 0.29) is 5.75 Å². The minimum Gasteiger partial charge on any atom is -0.508 e. The molecule has 0 atom stereocenters. The minimum atomic E-state index is 0.213. The largest absolute Gasteiger partial charge is 0.508 e. The average Bonchev–Trinajstić information content (AvgIpc) is 2.92. The second-order valence-electron chi connectivity index (χ2n) is 4.61. The smallest absolute Gasteiger partial charge is 0.154 e. The van der Waals surface area contributed by atoms with Gasteiger partial charge in [-0.05, 0) is 18.2 Å². The van der Waals surface area contributed by atoms with Crippen LogP contribution in [0.15, 0.2) is 36.5 Å². The summed E-state index contributed by atoms with van der Waals surface area (Å²) >= 11 is 0. The Bertz CT molecular complexity index is 754. The molecule has 0 saturated carbocycles. The zero-order valence-electron chi connectivity index (χ0n) is 11.6. The number of nitrogens with zero attached hydrogens (tertiary/aromatic N) is 2. The zero-order chi connectivity index (χ0) is 14.7. The van der Waals surface area contributed by atoms with Crippen molar-refractivity contribution in [2.75, 3.05) is 25.6 Å². The molecule has 0 bridgehead atoms. The van der Waals surface area contributed by atoms with Crippen molar-refractivity contribution in [3.05, 3.63) is 36.5 Å². The van der Waals surface area contributed by atoms with E-state index < -0.39 is 0 Å². The van der Waals surface area contributed by atoms with Crippen LogP contribution >= 0.6 is 0 Å². The van der Waals surface area contributed by atoms with E-state index in [4.69, 9.17) is 4.74 Å². The molecule has 21 heavy (non-hydrogen) atoms. The Morgan fingerprint density at radius 1 is 1.33 bits per heavy atom. The molecule has 0 aliphatic rings. The number of benzene rings is 1. The van der Waals surface area contributed by atoms with Crippen LogP contribution < -0.4 is 5.32 Å². The fourth-order valence-corrected chi connectivity index (χ4v) is 2.13. The fourth-order valence-electron chi connectivity index (χ4n) is 2.13. The van der Waals surface area contributed by atoms with E-state index in [1.165, 1.54) is 0 Å². The van der Waals surface area contributed by atoms with Crippen LogP contribution in [0.2, 0.25) is 0 Å². The molecule has 0 amide bonds. The maximum absolute atomic E-state index is 9.57. The Labute approximate surface area is 121 Å². The molecule has 108 valence electrons. The van der Waals surface area contributed by atoms with Crippen molar-refractivity contribution in [1.82, 2.24) is 15.0 Å². The van der Waals surface area contributed by atoms with Gasteiger partial charge in [0.1, 0.15) is 17.1 Å². The number of hydrogen-bond acceptors (Lipinski definition) is 5. The Morgan fingerprint density at radius 3 is 3.05 bits per heavy atom. The van der Waals surface area contributed by atoms with Crippen molar-refractivity contribution in [1.29, 1.82) is 0 Å². The highest BCUT2D eigenvalue weighted by Gasteiger charge is 2.10. The topological polar surface area (TPSA) is 83.1 Å². The van der Waals surface area contributed by atoms with Crippen molar-refractivity contribution in [2.45, 2.75) is 0 Å². The van der Waals surface area contributed by atoms with Gasteiger partial charge in [-0.3, -0.25) is 0 Å². The molecule has 1 aromatic carbocycles. The first-order chi connectivity index (χ1) is 10.3. The van der Waals surface area contributed by atoms with Gasteiger partial charge in [-0.25, -0.2) is 9.97 Å². The molecule has 6 nitrogen and oxygen atoms in total. The number of aromatic hydroxyl groups is 1. The molecule has 6 heteroatoms. The second kappa shape index (κ2) is 5.80. The molecule has 0 spiro atoms. The van der Waals surface area contributed by atoms with Crippen LogP contribution in [0.1, 0.15) is 0 Å². The number of aromatic nitrogens is 3. The molecule has 3 aromatic rings. The van der Waals surface area contributed by atoms with Gasteiger partial charge in [-0.1, -0.05) is 12.1 Å². The van der Waals surface area contributed by atoms with E-state index in [2.05, 4.69) is 20.3 Å². The number of aromatic amines is 1. The predicted octanol–water partition coefficient (Wildman–Crippen LogP) is 2.39. The van der Waals surface area contributed by atoms with E-state index in [1.54, 1.807) is 31.5 Å². The summed E-state index contributed by atoms with van der Waals surface area (Å²) in [5, 5.41) is 12.8. The van der Waals surface area contributed by atoms with Crippen molar-refractivity contribution in [3.8, 4) is 17.1 Å². The highest BCUT2D eigenvalue weighted by Crippen LogP contribution is 2.25. The Kier molecular flexibility index (Phi) is 3.70. The van der Waals surface area contributed by atoms with Gasteiger partial charge in [-0.15, -0.1) is 0 Å². The molecular weight excluding hydrogens is 268 g/mol. The van der Waals surface area contributed by atoms with Crippen LogP contribution in [0, 0.1) is 0 Å². The van der Waals surface area contributed by atoms with Gasteiger partial charge < -0.3 is 20.1 Å². The van der Waals surface area contributed by atoms with Crippen molar-refractivity contribution < 1.29 is 9.84 Å². The molecule has 0 aliphatic heterocycles. The summed E-state index contributed by atoms with van der Waals surface area (Å²) in [5.74, 6) is 1.63. The summed E-state index contributed by atoms with van der Waals surface area (Å²) < 4.78 is 5.02. The monoisotopic (exact) mass is 284 g/mol. The number of methoxy groups -OCH3 is 1. The Morgan fingerprint density at radius 2 is 2.24 bits per heavy atom. The predicted molar refractivity (Wildman–Crippen MR) is 81.4 cm³/mol. The van der Waals surface area contributed by atoms with Gasteiger partial charge >= 0.3 is 0 Å². The number of rotatable bonds is 5. The number of imidazole rings is 1. The van der Waals surface area contributed by atoms with E-state index in [0.717, 1.165) is 16.6 Å². The zero-order valence-corrected chi connectivity index (χ0v) is 11.6. The van der Waals surface area contributed by atoms with Crippen LogP contribution in [0.4, 0.5) is 5.82 Å². The lowest BCUT2D eigenvalue weighted by atomic mass is 10.2. The number of phenolic OH excluding ortho intramolecular Hbond substituents is 1. The molecular formula is C15H16N4O2. The van der Waals surface area contributed by atoms with Gasteiger partial charge in [0, 0.05) is 25.4 Å². The third-order valence-electron chi connectivity index (χ3n) is 3.12. The number of nitrogens with one attached hydrogen (secondary N) is 2. The van der Waals surface area contributed by atoms with Crippen molar-refractivity contribution in [3.63, 3.8) is 0 Å². The number of fused-ring (bicyclic) bond motifs is 1. The van der Waals surface area contributed by atoms with Gasteiger partial charge in [0.2, 0.25) is 0 Å². The lowest BCUT2D eigenvalue weighted by Crippen LogP contribution is -2.08. The summed E-state index contributed by atoms with van der Waals surface area (Å²) in [6, 6.07) is 8.85. The first-order valence-corrected chi connectivity index (χ1v) is 6.65. The first kappa shape index (κ1) is 13.4. The molecule has 0 saturated heterocycles. The van der Waals surface area contributed by atoms with Gasteiger partial charge in [-0.2, -0.15) is 0 Å². The maximum atomic E-state index is 9.57. The molecule has 0 aliphatic carbocycles. The maximum Gasteiger partial charge on any atom is 0.154 e. The Balaban J connectivity index is 1.98. The number of phenols is 1. The quantitative estimate of drug-likeness (QED) is 0.627. The lowest BCUT2D eigenvalue weighted by molar-refractivity contribution is 0.210. The van der Waals surface area contributed by atoms with Crippen LogP contribution in [0.3, 0.4) is 0 Å². The van der Waals surface area contributed by atoms with E-state index >= 15 is 0 Å². The summed E-state index contributed by atoms with van der Waals surface area (Å²) in [4.78, 5) is 12.1. The molecule has 2 heterocycles. The highest BCUT2D eigenvalue weighted by atomic mass is 16.5. The lowest BCUT2D eigenvalue weighted by Gasteiger charge is -2.04. The van der Waals surface area contributed by atoms with Crippen LogP contribution in [0.5, 0.6) is 5.75 Å². The van der Waals surface area contributed by atoms with E-state index in [0.29, 0.717) is 24.8 Å². The third-order valence-corrected chi connectivity index (χ3v) is 3.12. The summed E-state index contributed by atoms with van der Waals surface area (Å²) in [5.41, 5.74) is 2.49. The molecule has 2 aromatic heterocycles. The number of anilines is 1. The molecule has 3 rings (SSSR count). The molecule has 3 N–H and O–H groups in total. The highest BCUT2D eigenvalue weighted by molar-refractivity contribution is 5.88. The van der Waals surface area contributed by atoms with Gasteiger partial charge in [0.05, 0.1) is 12.1 Å². The third kappa shape index (κ3) is 2.80. The Hall–Kier alpha value is -2.60. The van der Waals surface area contributed by atoms with Crippen LogP contribution in [0.25, 0.3) is 22.4 Å². The number of H-pyrrole nitrogens is 1. The van der Waals surface area contributed by atoms with Gasteiger partial charge in [0.25, 0.3) is 0 Å². The second-order valence-corrected chi connectivity index (χ2v) is 4.61. The standard InChI is InChI=1S/C15H16N4O2/c1-21-8-7-17-15-13-12(5-6-16-15)18-14(19-13)10-3-2-4-11(20)9-10/h2-6,9,20H,7-8H2,1H3,(H,16,17)(H,18,19). The molecule has 0 fully saturated rings. The molecule has 0 radical (unpaired) electrons. The fraction of sp³-hybridized carbons (Fsp3) is 0.200. The number of hydrogen-bond donors (Lipinski definition) is 3. The van der Waals surface area contributed by atoms with E-state index in [1.807, 2.05) is 12.1 Å².